The average molecular weight is 383 g/mol. The lowest BCUT2D eigenvalue weighted by Gasteiger charge is -2.25. The lowest BCUT2D eigenvalue weighted by molar-refractivity contribution is -0.385. The van der Waals surface area contributed by atoms with Gasteiger partial charge in [-0.3, -0.25) is 19.8 Å². The number of nitrogens with zero attached hydrogens (tertiary/aromatic N) is 3. The lowest BCUT2D eigenvalue weighted by atomic mass is 10.1. The van der Waals surface area contributed by atoms with Gasteiger partial charge in [-0.15, -0.1) is 0 Å². The van der Waals surface area contributed by atoms with Crippen molar-refractivity contribution in [2.24, 2.45) is 5.92 Å². The van der Waals surface area contributed by atoms with Crippen LogP contribution < -0.4 is 0 Å². The summed E-state index contributed by atoms with van der Waals surface area (Å²) >= 11 is 0. The van der Waals surface area contributed by atoms with E-state index in [-0.39, 0.29) is 22.9 Å². The first-order valence-corrected chi connectivity index (χ1v) is 9.51. The summed E-state index contributed by atoms with van der Waals surface area (Å²) in [6.45, 7) is 5.69. The van der Waals surface area contributed by atoms with Crippen LogP contribution in [0, 0.1) is 16.0 Å². The van der Waals surface area contributed by atoms with Crippen LogP contribution in [-0.2, 0) is 6.54 Å². The molecule has 0 aliphatic carbocycles. The Morgan fingerprint density at radius 2 is 2.04 bits per heavy atom. The maximum absolute atomic E-state index is 12.9. The number of nitro groups is 1. The Morgan fingerprint density at radius 3 is 2.71 bits per heavy atom. The molecule has 1 amide bonds. The molecule has 1 saturated heterocycles. The van der Waals surface area contributed by atoms with Gasteiger partial charge in [-0.05, 0) is 43.5 Å². The summed E-state index contributed by atoms with van der Waals surface area (Å²) < 4.78 is 0. The van der Waals surface area contributed by atoms with Crippen molar-refractivity contribution in [2.45, 2.75) is 19.9 Å². The highest BCUT2D eigenvalue weighted by atomic mass is 16.6. The van der Waals surface area contributed by atoms with Gasteiger partial charge in [0.15, 0.2) is 0 Å². The molecule has 2 aromatic rings. The number of likely N-dealkylation sites (tertiary alicyclic amines) is 1. The highest BCUT2D eigenvalue weighted by Crippen LogP contribution is 2.26. The van der Waals surface area contributed by atoms with Crippen molar-refractivity contribution in [1.29, 1.82) is 0 Å². The largest absolute Gasteiger partial charge is 0.508 e. The number of benzene rings is 2. The Labute approximate surface area is 164 Å². The molecule has 1 aliphatic rings. The Bertz CT molecular complexity index is 841. The SMILES string of the molecule is CCN(C[C@@H]1CCN(Cc2ccccc2)C1)C(=O)c1ccc(O)cc1[N+](=O)[O-]. The third-order valence-corrected chi connectivity index (χ3v) is 5.17. The van der Waals surface area contributed by atoms with Crippen LogP contribution in [0.3, 0.4) is 0 Å². The summed E-state index contributed by atoms with van der Waals surface area (Å²) in [6.07, 6.45) is 0.994. The van der Waals surface area contributed by atoms with Crippen molar-refractivity contribution >= 4 is 11.6 Å². The number of phenolic OH excluding ortho intramolecular Hbond substituents is 1. The zero-order valence-corrected chi connectivity index (χ0v) is 16.0. The molecule has 0 aromatic heterocycles. The topological polar surface area (TPSA) is 86.9 Å². The van der Waals surface area contributed by atoms with E-state index in [1.54, 1.807) is 4.90 Å². The van der Waals surface area contributed by atoms with E-state index in [9.17, 15) is 20.0 Å². The maximum Gasteiger partial charge on any atom is 0.285 e. The Kier molecular flexibility index (Phi) is 6.26. The van der Waals surface area contributed by atoms with Crippen molar-refractivity contribution in [1.82, 2.24) is 9.80 Å². The number of amides is 1. The zero-order chi connectivity index (χ0) is 20.1. The highest BCUT2D eigenvalue weighted by Gasteiger charge is 2.29. The van der Waals surface area contributed by atoms with Gasteiger partial charge in [0.25, 0.3) is 11.6 Å². The van der Waals surface area contributed by atoms with Crippen LogP contribution >= 0.6 is 0 Å². The number of carbonyl (C=O) groups excluding carboxylic acids is 1. The van der Waals surface area contributed by atoms with Crippen LogP contribution in [0.4, 0.5) is 5.69 Å². The van der Waals surface area contributed by atoms with E-state index < -0.39 is 4.92 Å². The van der Waals surface area contributed by atoms with E-state index >= 15 is 0 Å². The molecule has 7 heteroatoms. The molecule has 3 rings (SSSR count). The minimum Gasteiger partial charge on any atom is -0.508 e. The molecule has 1 N–H and O–H groups in total. The van der Waals surface area contributed by atoms with E-state index in [4.69, 9.17) is 0 Å². The van der Waals surface area contributed by atoms with Crippen LogP contribution in [0.1, 0.15) is 29.3 Å². The van der Waals surface area contributed by atoms with Gasteiger partial charge in [0.2, 0.25) is 0 Å². The monoisotopic (exact) mass is 383 g/mol. The van der Waals surface area contributed by atoms with Gasteiger partial charge in [-0.25, -0.2) is 0 Å². The fourth-order valence-corrected chi connectivity index (χ4v) is 3.74. The summed E-state index contributed by atoms with van der Waals surface area (Å²) in [5.41, 5.74) is 0.927. The van der Waals surface area contributed by atoms with Gasteiger partial charge in [0.05, 0.1) is 11.0 Å². The molecule has 2 aromatic carbocycles. The smallest absolute Gasteiger partial charge is 0.285 e. The molecule has 1 aliphatic heterocycles. The normalized spacial score (nSPS) is 16.8. The number of aromatic hydroxyl groups is 1. The molecule has 0 saturated carbocycles. The van der Waals surface area contributed by atoms with Crippen molar-refractivity contribution < 1.29 is 14.8 Å². The first-order valence-electron chi connectivity index (χ1n) is 9.51. The molecule has 1 atom stereocenters. The number of hydrogen-bond donors (Lipinski definition) is 1. The molecule has 0 spiro atoms. The van der Waals surface area contributed by atoms with E-state index in [1.807, 2.05) is 25.1 Å². The number of nitro benzene ring substituents is 1. The molecule has 1 heterocycles. The van der Waals surface area contributed by atoms with Gasteiger partial charge in [0.1, 0.15) is 11.3 Å². The lowest BCUT2D eigenvalue weighted by Crippen LogP contribution is -2.36. The van der Waals surface area contributed by atoms with Crippen LogP contribution in [0.15, 0.2) is 48.5 Å². The van der Waals surface area contributed by atoms with Gasteiger partial charge in [-0.2, -0.15) is 0 Å². The van der Waals surface area contributed by atoms with Crippen molar-refractivity contribution in [2.75, 3.05) is 26.2 Å². The first kappa shape index (κ1) is 19.8. The van der Waals surface area contributed by atoms with Crippen molar-refractivity contribution in [3.8, 4) is 5.75 Å². The van der Waals surface area contributed by atoms with Crippen LogP contribution in [-0.4, -0.2) is 51.9 Å². The van der Waals surface area contributed by atoms with Crippen molar-refractivity contribution in [3.05, 3.63) is 69.8 Å². The molecule has 148 valence electrons. The number of carbonyl (C=O) groups is 1. The van der Waals surface area contributed by atoms with Crippen LogP contribution in [0.25, 0.3) is 0 Å². The first-order chi connectivity index (χ1) is 13.5. The molecule has 0 radical (unpaired) electrons. The summed E-state index contributed by atoms with van der Waals surface area (Å²) in [5, 5.41) is 20.8. The van der Waals surface area contributed by atoms with Crippen molar-refractivity contribution in [3.63, 3.8) is 0 Å². The number of phenols is 1. The predicted octanol–water partition coefficient (Wildman–Crippen LogP) is 3.28. The van der Waals surface area contributed by atoms with E-state index in [2.05, 4.69) is 17.0 Å². The third kappa shape index (κ3) is 4.67. The summed E-state index contributed by atoms with van der Waals surface area (Å²) in [7, 11) is 0. The average Bonchev–Trinajstić information content (AvgIpc) is 3.13. The Balaban J connectivity index is 1.65. The minimum absolute atomic E-state index is 0.0174. The third-order valence-electron chi connectivity index (χ3n) is 5.17. The minimum atomic E-state index is -0.627. The fraction of sp³-hybridized carbons (Fsp3) is 0.381. The molecular weight excluding hydrogens is 358 g/mol. The van der Waals surface area contributed by atoms with E-state index in [0.717, 1.165) is 32.1 Å². The van der Waals surface area contributed by atoms with Gasteiger partial charge in [0, 0.05) is 26.2 Å². The van der Waals surface area contributed by atoms with E-state index in [1.165, 1.54) is 17.7 Å². The standard InChI is InChI=1S/C21H25N3O4/c1-2-23(21(26)19-9-8-18(25)12-20(19)24(27)28)15-17-10-11-22(14-17)13-16-6-4-3-5-7-16/h3-9,12,17,25H,2,10-11,13-15H2,1H3/t17-/m1/s1. The zero-order valence-electron chi connectivity index (χ0n) is 16.0. The quantitative estimate of drug-likeness (QED) is 0.586. The molecule has 7 nitrogen and oxygen atoms in total. The second kappa shape index (κ2) is 8.84. The van der Waals surface area contributed by atoms with Gasteiger partial charge < -0.3 is 10.0 Å². The molecule has 0 bridgehead atoms. The van der Waals surface area contributed by atoms with Gasteiger partial charge >= 0.3 is 0 Å². The maximum atomic E-state index is 12.9. The number of hydrogen-bond acceptors (Lipinski definition) is 5. The highest BCUT2D eigenvalue weighted by molar-refractivity contribution is 5.98. The molecule has 28 heavy (non-hydrogen) atoms. The van der Waals surface area contributed by atoms with Crippen LogP contribution in [0.5, 0.6) is 5.75 Å². The second-order valence-electron chi connectivity index (χ2n) is 7.18. The summed E-state index contributed by atoms with van der Waals surface area (Å²) in [6, 6.07) is 14.0. The summed E-state index contributed by atoms with van der Waals surface area (Å²) in [5.74, 6) is -0.252. The Morgan fingerprint density at radius 1 is 1.29 bits per heavy atom. The van der Waals surface area contributed by atoms with E-state index in [0.29, 0.717) is 19.0 Å². The van der Waals surface area contributed by atoms with Gasteiger partial charge in [-0.1, -0.05) is 30.3 Å². The second-order valence-corrected chi connectivity index (χ2v) is 7.18. The number of rotatable bonds is 7. The summed E-state index contributed by atoms with van der Waals surface area (Å²) in [4.78, 5) is 27.6. The van der Waals surface area contributed by atoms with Crippen LogP contribution in [0.2, 0.25) is 0 Å². The predicted molar refractivity (Wildman–Crippen MR) is 106 cm³/mol. The molecule has 1 fully saturated rings. The Hall–Kier alpha value is -2.93. The fourth-order valence-electron chi connectivity index (χ4n) is 3.74. The molecule has 0 unspecified atom stereocenters. The molecular formula is C21H25N3O4.